The highest BCUT2D eigenvalue weighted by atomic mass is 32.3. The number of rotatable bonds is 8. The van der Waals surface area contributed by atoms with Crippen molar-refractivity contribution in [2.24, 2.45) is 16.9 Å². The zero-order chi connectivity index (χ0) is 32.2. The molecule has 0 saturated carbocycles. The molecule has 2 aliphatic rings. The fraction of sp³-hybridized carbons (Fsp3) is 0.367. The van der Waals surface area contributed by atoms with Crippen LogP contribution in [0.2, 0.25) is 0 Å². The van der Waals surface area contributed by atoms with Crippen molar-refractivity contribution in [3.63, 3.8) is 0 Å². The molecule has 0 bridgehead atoms. The van der Waals surface area contributed by atoms with E-state index in [2.05, 4.69) is 45.6 Å². The summed E-state index contributed by atoms with van der Waals surface area (Å²) in [6.07, 6.45) is 2.00. The first-order valence-electron chi connectivity index (χ1n) is 14.0. The topological polar surface area (TPSA) is 178 Å². The maximum atomic E-state index is 14.8. The fourth-order valence-corrected chi connectivity index (χ4v) is 7.31. The first-order chi connectivity index (χ1) is 20.4. The summed E-state index contributed by atoms with van der Waals surface area (Å²) in [4.78, 5) is 14.8. The fourth-order valence-electron chi connectivity index (χ4n) is 5.57. The van der Waals surface area contributed by atoms with Crippen LogP contribution in [0.5, 0.6) is 0 Å². The van der Waals surface area contributed by atoms with Gasteiger partial charge in [-0.1, -0.05) is 55.8 Å². The molecule has 0 saturated heterocycles. The average Bonchev–Trinajstić information content (AvgIpc) is 3.23. The number of hydrogen-bond donors (Lipinski definition) is 6. The number of nitrogens with one attached hydrogen (secondary N) is 3. The van der Waals surface area contributed by atoms with Gasteiger partial charge in [-0.25, -0.2) is 8.42 Å². The Bertz CT molecular complexity index is 1820. The predicted octanol–water partition coefficient (Wildman–Crippen LogP) is 5.31. The van der Waals surface area contributed by atoms with E-state index >= 15 is 0 Å². The Kier molecular flexibility index (Phi) is 7.96. The van der Waals surface area contributed by atoms with Crippen molar-refractivity contribution in [1.82, 2.24) is 15.1 Å². The molecule has 0 spiro atoms. The van der Waals surface area contributed by atoms with Crippen LogP contribution in [0, 0.1) is 12.3 Å². The van der Waals surface area contributed by atoms with Gasteiger partial charge in [-0.3, -0.25) is 28.6 Å². The number of ketones is 1. The van der Waals surface area contributed by atoms with Crippen LogP contribution < -0.4 is 15.4 Å². The smallest absolute Gasteiger partial charge is 0.229 e. The lowest BCUT2D eigenvalue weighted by Gasteiger charge is -2.42. The summed E-state index contributed by atoms with van der Waals surface area (Å²) >= 11 is 0. The Labute approximate surface area is 258 Å². The van der Waals surface area contributed by atoms with Crippen molar-refractivity contribution in [3.05, 3.63) is 76.6 Å². The molecular formula is C30H38N6O6S2. The summed E-state index contributed by atoms with van der Waals surface area (Å²) in [7, 11) is -5.71. The van der Waals surface area contributed by atoms with Gasteiger partial charge in [-0.15, -0.1) is 4.40 Å². The van der Waals surface area contributed by atoms with Gasteiger partial charge in [0.2, 0.25) is 10.0 Å². The van der Waals surface area contributed by atoms with Crippen LogP contribution >= 0.6 is 10.8 Å². The number of carbonyl (C=O) groups excluding carboxylic acids is 1. The molecule has 2 aromatic carbocycles. The molecule has 0 amide bonds. The lowest BCUT2D eigenvalue weighted by Crippen LogP contribution is -2.54. The number of aliphatic hydroxyl groups excluding tert-OH is 1. The van der Waals surface area contributed by atoms with Gasteiger partial charge in [0.1, 0.15) is 21.8 Å². The molecule has 2 heterocycles. The van der Waals surface area contributed by atoms with E-state index < -0.39 is 32.1 Å². The van der Waals surface area contributed by atoms with Crippen LogP contribution in [0.25, 0.3) is 5.76 Å². The minimum Gasteiger partial charge on any atom is -0.506 e. The molecule has 1 atom stereocenters. The summed E-state index contributed by atoms with van der Waals surface area (Å²) in [5, 5.41) is 22.5. The van der Waals surface area contributed by atoms with Crippen LogP contribution in [0.4, 0.5) is 11.4 Å². The third-order valence-electron chi connectivity index (χ3n) is 7.70. The Morgan fingerprint density at radius 1 is 1.11 bits per heavy atom. The van der Waals surface area contributed by atoms with Crippen molar-refractivity contribution in [2.75, 3.05) is 16.3 Å². The SMILES string of the molecule is Cc1cc(CNC2(CCC(C)(C)C)C(=O)C(C3=NS(O)(O)c4cc(NS(C)(=O)=O)ccc4N3)=C(O)c3ccccc32)n(C)n1. The number of Topliss-reactive ketones (excluding diaryl/α,β-unsaturated/α-hetero) is 1. The van der Waals surface area contributed by atoms with Crippen LogP contribution in [-0.4, -0.2) is 50.3 Å². The summed E-state index contributed by atoms with van der Waals surface area (Å²) < 4.78 is 54.0. The molecule has 14 heteroatoms. The van der Waals surface area contributed by atoms with Gasteiger partial charge in [-0.2, -0.15) is 5.10 Å². The van der Waals surface area contributed by atoms with E-state index in [0.29, 0.717) is 30.5 Å². The highest BCUT2D eigenvalue weighted by molar-refractivity contribution is 8.23. The number of aromatic nitrogens is 2. The third-order valence-corrected chi connectivity index (χ3v) is 9.67. The largest absolute Gasteiger partial charge is 0.506 e. The summed E-state index contributed by atoms with van der Waals surface area (Å²) in [5.74, 6) is -1.01. The minimum absolute atomic E-state index is 0.0534. The number of anilines is 2. The Morgan fingerprint density at radius 2 is 1.82 bits per heavy atom. The van der Waals surface area contributed by atoms with E-state index in [9.17, 15) is 27.4 Å². The van der Waals surface area contributed by atoms with Gasteiger partial charge < -0.3 is 10.4 Å². The first-order valence-corrected chi connectivity index (χ1v) is 17.4. The minimum atomic E-state index is -3.91. The highest BCUT2D eigenvalue weighted by Crippen LogP contribution is 2.57. The number of nitrogens with zero attached hydrogens (tertiary/aromatic N) is 3. The quantitative estimate of drug-likeness (QED) is 0.190. The van der Waals surface area contributed by atoms with E-state index in [1.165, 1.54) is 18.2 Å². The molecule has 236 valence electrons. The van der Waals surface area contributed by atoms with Crippen molar-refractivity contribution in [3.8, 4) is 0 Å². The molecule has 0 radical (unpaired) electrons. The van der Waals surface area contributed by atoms with Crippen LogP contribution in [0.3, 0.4) is 0 Å². The van der Waals surface area contributed by atoms with Gasteiger partial charge in [0.25, 0.3) is 0 Å². The van der Waals surface area contributed by atoms with E-state index in [4.69, 9.17) is 0 Å². The molecular weight excluding hydrogens is 604 g/mol. The van der Waals surface area contributed by atoms with Crippen LogP contribution in [-0.2, 0) is 33.9 Å². The monoisotopic (exact) mass is 642 g/mol. The zero-order valence-corrected chi connectivity index (χ0v) is 27.1. The maximum absolute atomic E-state index is 14.8. The van der Waals surface area contributed by atoms with Crippen molar-refractivity contribution < 1.29 is 27.4 Å². The van der Waals surface area contributed by atoms with Crippen molar-refractivity contribution in [2.45, 2.75) is 57.5 Å². The Balaban J connectivity index is 1.64. The standard InChI is InChI=1S/C30H38N6O6S2/c1-18-15-20(36(5)33-18)17-31-30(14-13-29(2,3)4)22-10-8-7-9-21(22)26(37)25(27(30)38)28-32-23-12-11-19(34-43(6,39)40)16-24(23)44(41,42)35-28/h7-12,15-16,31,34,37,41-42H,13-14,17H2,1-6H3,(H,32,35). The normalized spacial score (nSPS) is 20.4. The molecule has 5 rings (SSSR count). The van der Waals surface area contributed by atoms with Gasteiger partial charge in [0, 0.05) is 19.2 Å². The Morgan fingerprint density at radius 3 is 2.45 bits per heavy atom. The van der Waals surface area contributed by atoms with Gasteiger partial charge in [-0.05, 0) is 55.0 Å². The lowest BCUT2D eigenvalue weighted by atomic mass is 9.69. The summed E-state index contributed by atoms with van der Waals surface area (Å²) in [5.41, 5.74) is 1.42. The molecule has 6 N–H and O–H groups in total. The number of benzene rings is 2. The molecule has 1 aliphatic heterocycles. The molecule has 3 aromatic rings. The van der Waals surface area contributed by atoms with Gasteiger partial charge >= 0.3 is 0 Å². The number of sulfonamides is 1. The van der Waals surface area contributed by atoms with E-state index in [0.717, 1.165) is 17.6 Å². The van der Waals surface area contributed by atoms with Gasteiger partial charge in [0.05, 0.1) is 29.0 Å². The lowest BCUT2D eigenvalue weighted by molar-refractivity contribution is -0.122. The van der Waals surface area contributed by atoms with Crippen LogP contribution in [0.15, 0.2) is 63.4 Å². The number of hydrogen-bond acceptors (Lipinski definition) is 10. The second-order valence-electron chi connectivity index (χ2n) is 12.5. The second kappa shape index (κ2) is 11.0. The summed E-state index contributed by atoms with van der Waals surface area (Å²) in [6, 6.07) is 13.2. The molecule has 44 heavy (non-hydrogen) atoms. The van der Waals surface area contributed by atoms with Gasteiger partial charge in [0.15, 0.2) is 11.6 Å². The first kappa shape index (κ1) is 31.7. The number of fused-ring (bicyclic) bond motifs is 2. The van der Waals surface area contributed by atoms with E-state index in [1.807, 2.05) is 32.2 Å². The highest BCUT2D eigenvalue weighted by Gasteiger charge is 2.50. The second-order valence-corrected chi connectivity index (χ2v) is 15.9. The van der Waals surface area contributed by atoms with E-state index in [1.54, 1.807) is 16.8 Å². The molecule has 12 nitrogen and oxygen atoms in total. The molecule has 1 aliphatic carbocycles. The molecule has 1 unspecified atom stereocenters. The number of aryl methyl sites for hydroxylation is 2. The number of amidine groups is 1. The average molecular weight is 643 g/mol. The number of carbonyl (C=O) groups is 1. The Hall–Kier alpha value is -3.69. The van der Waals surface area contributed by atoms with Crippen molar-refractivity contribution in [1.29, 1.82) is 0 Å². The van der Waals surface area contributed by atoms with E-state index in [-0.39, 0.29) is 38.9 Å². The third kappa shape index (κ3) is 6.13. The molecule has 1 aromatic heterocycles. The zero-order valence-electron chi connectivity index (χ0n) is 25.5. The number of aliphatic hydroxyl groups is 1. The predicted molar refractivity (Wildman–Crippen MR) is 173 cm³/mol. The van der Waals surface area contributed by atoms with Crippen LogP contribution in [0.1, 0.15) is 56.1 Å². The summed E-state index contributed by atoms with van der Waals surface area (Å²) in [6.45, 7) is 8.45. The maximum Gasteiger partial charge on any atom is 0.229 e. The molecule has 0 fully saturated rings. The van der Waals surface area contributed by atoms with Crippen molar-refractivity contribution >= 4 is 49.6 Å².